The van der Waals surface area contributed by atoms with Gasteiger partial charge >= 0.3 is 0 Å². The number of fused-ring (bicyclic) bond motifs is 1. The van der Waals surface area contributed by atoms with Gasteiger partial charge in [0.15, 0.2) is 11.5 Å². The first-order chi connectivity index (χ1) is 15.0. The van der Waals surface area contributed by atoms with Crippen LogP contribution in [-0.4, -0.2) is 67.0 Å². The molecule has 0 aliphatic carbocycles. The van der Waals surface area contributed by atoms with E-state index < -0.39 is 11.7 Å². The molecule has 7 nitrogen and oxygen atoms in total. The van der Waals surface area contributed by atoms with E-state index in [0.29, 0.717) is 12.0 Å². The minimum atomic E-state index is -0.554. The standard InChI is InChI=1S/C23H34FN5O2/c1-3-15-10-19-20(28-22(15)30)8-14(11-26-19)13-29-6-4-16(5-7-29)17-9-18(24)21(27-12-17)23(31)25-2/h9,12,14-16,19-20,26H,3-8,10-11,13H2,1-2H3,(H,25,31)(H,28,30). The summed E-state index contributed by atoms with van der Waals surface area (Å²) in [4.78, 5) is 30.4. The predicted molar refractivity (Wildman–Crippen MR) is 116 cm³/mol. The molecule has 3 saturated heterocycles. The lowest BCUT2D eigenvalue weighted by molar-refractivity contribution is -0.129. The molecule has 4 rings (SSSR count). The third kappa shape index (κ3) is 4.90. The van der Waals surface area contributed by atoms with Crippen LogP contribution in [-0.2, 0) is 4.79 Å². The lowest BCUT2D eigenvalue weighted by Crippen LogP contribution is -2.62. The van der Waals surface area contributed by atoms with Gasteiger partial charge in [-0.3, -0.25) is 9.59 Å². The van der Waals surface area contributed by atoms with Crippen molar-refractivity contribution in [2.24, 2.45) is 11.8 Å². The number of aromatic nitrogens is 1. The second kappa shape index (κ2) is 9.61. The average Bonchev–Trinajstić information content (AvgIpc) is 2.78. The third-order valence-electron chi connectivity index (χ3n) is 7.35. The summed E-state index contributed by atoms with van der Waals surface area (Å²) in [5.41, 5.74) is 0.731. The van der Waals surface area contributed by atoms with E-state index in [2.05, 4.69) is 32.8 Å². The zero-order valence-electron chi connectivity index (χ0n) is 18.5. The maximum absolute atomic E-state index is 14.3. The molecular weight excluding hydrogens is 397 g/mol. The molecular formula is C23H34FN5O2. The second-order valence-electron chi connectivity index (χ2n) is 9.33. The fourth-order valence-corrected chi connectivity index (χ4v) is 5.45. The molecule has 4 unspecified atom stereocenters. The van der Waals surface area contributed by atoms with Crippen LogP contribution in [0.2, 0.25) is 0 Å². The lowest BCUT2D eigenvalue weighted by atomic mass is 9.80. The maximum atomic E-state index is 14.3. The minimum Gasteiger partial charge on any atom is -0.354 e. The molecule has 8 heteroatoms. The minimum absolute atomic E-state index is 0.146. The zero-order valence-corrected chi connectivity index (χ0v) is 18.5. The van der Waals surface area contributed by atoms with E-state index in [4.69, 9.17) is 0 Å². The summed E-state index contributed by atoms with van der Waals surface area (Å²) in [5.74, 6) is 0.115. The first kappa shape index (κ1) is 22.1. The molecule has 31 heavy (non-hydrogen) atoms. The fourth-order valence-electron chi connectivity index (χ4n) is 5.45. The smallest absolute Gasteiger partial charge is 0.272 e. The highest BCUT2D eigenvalue weighted by atomic mass is 19.1. The number of pyridine rings is 1. The first-order valence-electron chi connectivity index (χ1n) is 11.6. The SMILES string of the molecule is CCC1CC2NCC(CN3CCC(c4cnc(C(=O)NC)c(F)c4)CC3)CC2NC1=O. The summed E-state index contributed by atoms with van der Waals surface area (Å²) in [7, 11) is 1.47. The van der Waals surface area contributed by atoms with Crippen molar-refractivity contribution >= 4 is 11.8 Å². The van der Waals surface area contributed by atoms with Crippen LogP contribution in [0, 0.1) is 17.7 Å². The van der Waals surface area contributed by atoms with Gasteiger partial charge in [0.1, 0.15) is 0 Å². The molecule has 3 N–H and O–H groups in total. The van der Waals surface area contributed by atoms with Crippen molar-refractivity contribution < 1.29 is 14.0 Å². The van der Waals surface area contributed by atoms with Crippen molar-refractivity contribution in [2.45, 2.75) is 57.0 Å². The summed E-state index contributed by atoms with van der Waals surface area (Å²) in [6.45, 7) is 6.05. The van der Waals surface area contributed by atoms with Crippen LogP contribution < -0.4 is 16.0 Å². The number of likely N-dealkylation sites (tertiary alicyclic amines) is 1. The van der Waals surface area contributed by atoms with Crippen molar-refractivity contribution in [1.29, 1.82) is 0 Å². The van der Waals surface area contributed by atoms with E-state index in [1.165, 1.54) is 13.1 Å². The molecule has 4 heterocycles. The van der Waals surface area contributed by atoms with Gasteiger partial charge in [-0.05, 0) is 75.2 Å². The van der Waals surface area contributed by atoms with E-state index in [1.807, 2.05) is 0 Å². The number of halogens is 1. The number of nitrogens with one attached hydrogen (secondary N) is 3. The average molecular weight is 432 g/mol. The molecule has 0 aromatic carbocycles. The number of hydrogen-bond donors (Lipinski definition) is 3. The van der Waals surface area contributed by atoms with Gasteiger partial charge in [-0.15, -0.1) is 0 Å². The van der Waals surface area contributed by atoms with E-state index in [1.54, 1.807) is 6.20 Å². The first-order valence-corrected chi connectivity index (χ1v) is 11.6. The molecule has 0 bridgehead atoms. The van der Waals surface area contributed by atoms with Gasteiger partial charge in [-0.25, -0.2) is 9.37 Å². The van der Waals surface area contributed by atoms with E-state index >= 15 is 0 Å². The Hall–Kier alpha value is -2.06. The van der Waals surface area contributed by atoms with Crippen molar-refractivity contribution in [3.63, 3.8) is 0 Å². The monoisotopic (exact) mass is 431 g/mol. The van der Waals surface area contributed by atoms with Gasteiger partial charge < -0.3 is 20.9 Å². The maximum Gasteiger partial charge on any atom is 0.272 e. The van der Waals surface area contributed by atoms with E-state index in [0.717, 1.165) is 63.8 Å². The van der Waals surface area contributed by atoms with Crippen molar-refractivity contribution in [3.8, 4) is 0 Å². The van der Waals surface area contributed by atoms with Crippen molar-refractivity contribution in [3.05, 3.63) is 29.3 Å². The van der Waals surface area contributed by atoms with E-state index in [-0.39, 0.29) is 29.5 Å². The second-order valence-corrected chi connectivity index (χ2v) is 9.33. The summed E-state index contributed by atoms with van der Waals surface area (Å²) in [6.07, 6.45) is 6.46. The van der Waals surface area contributed by atoms with Gasteiger partial charge in [0.05, 0.1) is 0 Å². The van der Waals surface area contributed by atoms with Crippen molar-refractivity contribution in [1.82, 2.24) is 25.8 Å². The molecule has 3 fully saturated rings. The molecule has 3 aliphatic heterocycles. The molecule has 4 atom stereocenters. The van der Waals surface area contributed by atoms with Crippen LogP contribution in [0.3, 0.4) is 0 Å². The quantitative estimate of drug-likeness (QED) is 0.660. The van der Waals surface area contributed by atoms with Crippen LogP contribution >= 0.6 is 0 Å². The van der Waals surface area contributed by atoms with E-state index in [9.17, 15) is 14.0 Å². The Labute approximate surface area is 183 Å². The zero-order chi connectivity index (χ0) is 22.0. The van der Waals surface area contributed by atoms with Gasteiger partial charge in [-0.1, -0.05) is 6.92 Å². The van der Waals surface area contributed by atoms with Gasteiger partial charge in [-0.2, -0.15) is 0 Å². The Morgan fingerprint density at radius 2 is 2.06 bits per heavy atom. The molecule has 3 aliphatic rings. The van der Waals surface area contributed by atoms with Crippen LogP contribution in [0.25, 0.3) is 0 Å². The highest BCUT2D eigenvalue weighted by Crippen LogP contribution is 2.31. The molecule has 2 amide bonds. The number of nitrogens with zero attached hydrogens (tertiary/aromatic N) is 2. The molecule has 0 spiro atoms. The predicted octanol–water partition coefficient (Wildman–Crippen LogP) is 1.65. The molecule has 1 aromatic heterocycles. The highest BCUT2D eigenvalue weighted by Gasteiger charge is 2.39. The Morgan fingerprint density at radius 1 is 1.29 bits per heavy atom. The number of amides is 2. The largest absolute Gasteiger partial charge is 0.354 e. The number of rotatable bonds is 5. The van der Waals surface area contributed by atoms with Crippen LogP contribution in [0.15, 0.2) is 12.3 Å². The normalized spacial score (nSPS) is 29.8. The van der Waals surface area contributed by atoms with Gasteiger partial charge in [0.2, 0.25) is 5.91 Å². The number of hydrogen-bond acceptors (Lipinski definition) is 5. The Bertz CT molecular complexity index is 811. The number of carbonyl (C=O) groups excluding carboxylic acids is 2. The number of piperidine rings is 3. The molecule has 170 valence electrons. The lowest BCUT2D eigenvalue weighted by Gasteiger charge is -2.44. The Morgan fingerprint density at radius 3 is 2.74 bits per heavy atom. The Balaban J connectivity index is 1.27. The van der Waals surface area contributed by atoms with Crippen LogP contribution in [0.5, 0.6) is 0 Å². The highest BCUT2D eigenvalue weighted by molar-refractivity contribution is 5.92. The van der Waals surface area contributed by atoms with Gasteiger partial charge in [0.25, 0.3) is 5.91 Å². The third-order valence-corrected chi connectivity index (χ3v) is 7.35. The molecule has 1 aromatic rings. The number of carbonyl (C=O) groups is 2. The summed E-state index contributed by atoms with van der Waals surface area (Å²) < 4.78 is 14.3. The van der Waals surface area contributed by atoms with Crippen LogP contribution in [0.1, 0.15) is 61.0 Å². The molecule has 0 saturated carbocycles. The fraction of sp³-hybridized carbons (Fsp3) is 0.696. The van der Waals surface area contributed by atoms with Crippen molar-refractivity contribution in [2.75, 3.05) is 33.2 Å². The topological polar surface area (TPSA) is 86.4 Å². The summed E-state index contributed by atoms with van der Waals surface area (Å²) >= 11 is 0. The molecule has 0 radical (unpaired) electrons. The summed E-state index contributed by atoms with van der Waals surface area (Å²) in [5, 5.41) is 9.34. The van der Waals surface area contributed by atoms with Crippen LogP contribution in [0.4, 0.5) is 4.39 Å². The Kier molecular flexibility index (Phi) is 6.86. The van der Waals surface area contributed by atoms with Gasteiger partial charge in [0, 0.05) is 37.8 Å². The summed E-state index contributed by atoms with van der Waals surface area (Å²) in [6, 6.07) is 2.13.